The van der Waals surface area contributed by atoms with Gasteiger partial charge in [0, 0.05) is 13.2 Å². The average molecular weight is 551 g/mol. The Morgan fingerprint density at radius 2 is 0.842 bits per heavy atom. The van der Waals surface area contributed by atoms with Gasteiger partial charge >= 0.3 is 11.9 Å². The van der Waals surface area contributed by atoms with E-state index >= 15 is 0 Å². The summed E-state index contributed by atoms with van der Waals surface area (Å²) in [6, 6.07) is 0. The lowest BCUT2D eigenvalue weighted by molar-refractivity contribution is -0.242. The van der Waals surface area contributed by atoms with Crippen molar-refractivity contribution in [2.75, 3.05) is 13.2 Å². The van der Waals surface area contributed by atoms with Crippen molar-refractivity contribution in [1.29, 1.82) is 0 Å². The monoisotopic (exact) mass is 550 g/mol. The molecular weight excluding hydrogens is 496 g/mol. The SMILES string of the molecule is CCCCCCCCOC(C)OC(C)OC(=O)C(O)C(O)C(=O)OC(C)OC(C)OCCCCCCCC. The molecule has 0 aromatic carbocycles. The Hall–Kier alpha value is -1.30. The molecule has 6 atom stereocenters. The van der Waals surface area contributed by atoms with Gasteiger partial charge in [-0.15, -0.1) is 0 Å². The van der Waals surface area contributed by atoms with E-state index in [-0.39, 0.29) is 0 Å². The summed E-state index contributed by atoms with van der Waals surface area (Å²) in [5.41, 5.74) is 0. The van der Waals surface area contributed by atoms with Crippen LogP contribution in [0, 0.1) is 0 Å². The van der Waals surface area contributed by atoms with E-state index < -0.39 is 49.3 Å². The zero-order chi connectivity index (χ0) is 28.8. The van der Waals surface area contributed by atoms with Gasteiger partial charge in [0.25, 0.3) is 0 Å². The Labute approximate surface area is 229 Å². The number of ether oxygens (including phenoxy) is 6. The van der Waals surface area contributed by atoms with E-state index in [0.29, 0.717) is 13.2 Å². The fourth-order valence-corrected chi connectivity index (χ4v) is 3.66. The van der Waals surface area contributed by atoms with Gasteiger partial charge < -0.3 is 38.6 Å². The molecule has 0 fully saturated rings. The molecule has 0 radical (unpaired) electrons. The van der Waals surface area contributed by atoms with Gasteiger partial charge in [-0.2, -0.15) is 0 Å². The van der Waals surface area contributed by atoms with Crippen LogP contribution < -0.4 is 0 Å². The summed E-state index contributed by atoms with van der Waals surface area (Å²) in [6.07, 6.45) is 5.91. The summed E-state index contributed by atoms with van der Waals surface area (Å²) >= 11 is 0. The summed E-state index contributed by atoms with van der Waals surface area (Å²) in [4.78, 5) is 24.3. The number of esters is 2. The van der Waals surface area contributed by atoms with Gasteiger partial charge in [0.1, 0.15) is 0 Å². The van der Waals surface area contributed by atoms with Crippen LogP contribution in [0.3, 0.4) is 0 Å². The number of hydrogen-bond acceptors (Lipinski definition) is 10. The van der Waals surface area contributed by atoms with E-state index in [2.05, 4.69) is 13.8 Å². The highest BCUT2D eigenvalue weighted by Crippen LogP contribution is 2.11. The number of aliphatic hydroxyl groups is 2. The van der Waals surface area contributed by atoms with Gasteiger partial charge in [0.15, 0.2) is 24.8 Å². The second-order valence-electron chi connectivity index (χ2n) is 9.58. The molecular formula is C28H54O10. The van der Waals surface area contributed by atoms with Gasteiger partial charge in [-0.1, -0.05) is 78.1 Å². The minimum atomic E-state index is -2.15. The number of carbonyl (C=O) groups is 2. The van der Waals surface area contributed by atoms with Crippen LogP contribution in [0.5, 0.6) is 0 Å². The molecule has 0 amide bonds. The molecule has 0 heterocycles. The first-order valence-corrected chi connectivity index (χ1v) is 14.4. The summed E-state index contributed by atoms with van der Waals surface area (Å²) in [6.45, 7) is 11.6. The first-order valence-electron chi connectivity index (χ1n) is 14.4. The molecule has 0 aromatic heterocycles. The molecule has 38 heavy (non-hydrogen) atoms. The highest BCUT2D eigenvalue weighted by atomic mass is 16.8. The quantitative estimate of drug-likeness (QED) is 0.0913. The van der Waals surface area contributed by atoms with E-state index in [1.54, 1.807) is 13.8 Å². The molecule has 0 saturated heterocycles. The minimum Gasteiger partial charge on any atom is -0.434 e. The van der Waals surface area contributed by atoms with Crippen molar-refractivity contribution < 1.29 is 48.2 Å². The molecule has 10 nitrogen and oxygen atoms in total. The fourth-order valence-electron chi connectivity index (χ4n) is 3.66. The van der Waals surface area contributed by atoms with E-state index in [1.807, 2.05) is 0 Å². The fraction of sp³-hybridized carbons (Fsp3) is 0.929. The van der Waals surface area contributed by atoms with Crippen LogP contribution in [-0.4, -0.2) is 72.7 Å². The first kappa shape index (κ1) is 36.7. The lowest BCUT2D eigenvalue weighted by atomic mass is 10.1. The predicted molar refractivity (Wildman–Crippen MR) is 143 cm³/mol. The zero-order valence-electron chi connectivity index (χ0n) is 24.5. The molecule has 6 unspecified atom stereocenters. The Morgan fingerprint density at radius 1 is 0.526 bits per heavy atom. The molecule has 0 bridgehead atoms. The van der Waals surface area contributed by atoms with Gasteiger partial charge in [-0.05, 0) is 40.5 Å². The molecule has 0 aromatic rings. The number of hydrogen-bond donors (Lipinski definition) is 2. The summed E-state index contributed by atoms with van der Waals surface area (Å²) in [7, 11) is 0. The van der Waals surface area contributed by atoms with E-state index in [1.165, 1.54) is 65.2 Å². The van der Waals surface area contributed by atoms with Crippen molar-refractivity contribution >= 4 is 11.9 Å². The van der Waals surface area contributed by atoms with Gasteiger partial charge in [0.2, 0.25) is 12.6 Å². The van der Waals surface area contributed by atoms with E-state index in [9.17, 15) is 19.8 Å². The third-order valence-electron chi connectivity index (χ3n) is 5.81. The van der Waals surface area contributed by atoms with Crippen LogP contribution in [0.2, 0.25) is 0 Å². The van der Waals surface area contributed by atoms with Crippen LogP contribution in [0.1, 0.15) is 119 Å². The highest BCUT2D eigenvalue weighted by molar-refractivity contribution is 5.85. The molecule has 2 N–H and O–H groups in total. The summed E-state index contributed by atoms with van der Waals surface area (Å²) in [5.74, 6) is -2.46. The Balaban J connectivity index is 4.17. The van der Waals surface area contributed by atoms with Crippen molar-refractivity contribution in [1.82, 2.24) is 0 Å². The number of unbranched alkanes of at least 4 members (excludes halogenated alkanes) is 10. The largest absolute Gasteiger partial charge is 0.434 e. The van der Waals surface area contributed by atoms with Crippen LogP contribution in [-0.2, 0) is 38.0 Å². The third-order valence-corrected chi connectivity index (χ3v) is 5.81. The van der Waals surface area contributed by atoms with Crippen molar-refractivity contribution in [2.45, 2.75) is 156 Å². The normalized spacial score (nSPS) is 16.3. The summed E-state index contributed by atoms with van der Waals surface area (Å²) < 4.78 is 31.9. The molecule has 0 spiro atoms. The van der Waals surface area contributed by atoms with Gasteiger partial charge in [-0.3, -0.25) is 0 Å². The van der Waals surface area contributed by atoms with Crippen LogP contribution in [0.15, 0.2) is 0 Å². The average Bonchev–Trinajstić information content (AvgIpc) is 2.86. The Bertz CT molecular complexity index is 538. The molecule has 10 heteroatoms. The molecule has 226 valence electrons. The lowest BCUT2D eigenvalue weighted by Crippen LogP contribution is -2.44. The van der Waals surface area contributed by atoms with E-state index in [4.69, 9.17) is 28.4 Å². The maximum atomic E-state index is 12.1. The second-order valence-corrected chi connectivity index (χ2v) is 9.58. The molecule has 0 aliphatic rings. The number of aliphatic hydroxyl groups excluding tert-OH is 2. The van der Waals surface area contributed by atoms with Crippen molar-refractivity contribution in [3.8, 4) is 0 Å². The number of carbonyl (C=O) groups excluding carboxylic acids is 2. The van der Waals surface area contributed by atoms with Crippen LogP contribution in [0.25, 0.3) is 0 Å². The van der Waals surface area contributed by atoms with Crippen molar-refractivity contribution in [3.05, 3.63) is 0 Å². The highest BCUT2D eigenvalue weighted by Gasteiger charge is 2.35. The maximum absolute atomic E-state index is 12.1. The Morgan fingerprint density at radius 3 is 1.18 bits per heavy atom. The molecule has 0 rings (SSSR count). The second kappa shape index (κ2) is 23.6. The van der Waals surface area contributed by atoms with Crippen molar-refractivity contribution in [2.24, 2.45) is 0 Å². The summed E-state index contributed by atoms with van der Waals surface area (Å²) in [5, 5.41) is 20.1. The van der Waals surface area contributed by atoms with Gasteiger partial charge in [0.05, 0.1) is 0 Å². The predicted octanol–water partition coefficient (Wildman–Crippen LogP) is 4.97. The zero-order valence-corrected chi connectivity index (χ0v) is 24.5. The molecule has 0 aliphatic carbocycles. The minimum absolute atomic E-state index is 0.518. The standard InChI is InChI=1S/C28H54O10/c1-7-9-11-13-15-17-19-33-21(3)35-23(5)37-27(31)25(29)26(30)28(32)38-24(6)36-22(4)34-20-18-16-14-12-10-8-2/h21-26,29-30H,7-20H2,1-6H3. The van der Waals surface area contributed by atoms with Crippen LogP contribution in [0.4, 0.5) is 0 Å². The lowest BCUT2D eigenvalue weighted by Gasteiger charge is -2.23. The van der Waals surface area contributed by atoms with Crippen molar-refractivity contribution in [3.63, 3.8) is 0 Å². The smallest absolute Gasteiger partial charge is 0.340 e. The first-order chi connectivity index (χ1) is 18.1. The maximum Gasteiger partial charge on any atom is 0.340 e. The Kier molecular flexibility index (Phi) is 22.8. The van der Waals surface area contributed by atoms with Crippen LogP contribution >= 0.6 is 0 Å². The molecule has 0 aliphatic heterocycles. The van der Waals surface area contributed by atoms with E-state index in [0.717, 1.165) is 25.7 Å². The molecule has 0 saturated carbocycles. The topological polar surface area (TPSA) is 130 Å². The number of rotatable bonds is 25. The van der Waals surface area contributed by atoms with Gasteiger partial charge in [-0.25, -0.2) is 9.59 Å². The third kappa shape index (κ3) is 19.7.